The van der Waals surface area contributed by atoms with Crippen molar-refractivity contribution in [3.8, 4) is 6.07 Å². The molecule has 0 fully saturated rings. The van der Waals surface area contributed by atoms with Gasteiger partial charge in [0.1, 0.15) is 17.0 Å². The third-order valence-electron chi connectivity index (χ3n) is 2.40. The van der Waals surface area contributed by atoms with Gasteiger partial charge in [0.15, 0.2) is 0 Å². The largest absolute Gasteiger partial charge is 0.321 e. The number of amides is 1. The summed E-state index contributed by atoms with van der Waals surface area (Å²) in [5.74, 6) is -1.37. The van der Waals surface area contributed by atoms with Gasteiger partial charge < -0.3 is 5.32 Å². The maximum atomic E-state index is 13.1. The average Bonchev–Trinajstić information content (AvgIpc) is 2.41. The van der Waals surface area contributed by atoms with E-state index in [4.69, 9.17) is 28.5 Å². The highest BCUT2D eigenvalue weighted by Crippen LogP contribution is 2.22. The van der Waals surface area contributed by atoms with Gasteiger partial charge in [-0.05, 0) is 24.3 Å². The number of benzene rings is 1. The molecule has 0 saturated carbocycles. The summed E-state index contributed by atoms with van der Waals surface area (Å²) < 4.78 is 13.1. The van der Waals surface area contributed by atoms with Gasteiger partial charge in [0.25, 0.3) is 5.91 Å². The number of halogens is 3. The molecule has 0 spiro atoms. The zero-order chi connectivity index (χ0) is 14.7. The lowest BCUT2D eigenvalue weighted by atomic mass is 10.2. The van der Waals surface area contributed by atoms with Crippen LogP contribution in [-0.2, 0) is 0 Å². The Balaban J connectivity index is 2.35. The molecule has 0 aliphatic carbocycles. The second-order valence-electron chi connectivity index (χ2n) is 3.75. The van der Waals surface area contributed by atoms with E-state index in [1.807, 2.05) is 6.07 Å². The molecule has 4 nitrogen and oxygen atoms in total. The van der Waals surface area contributed by atoms with Crippen LogP contribution in [0.2, 0.25) is 10.2 Å². The van der Waals surface area contributed by atoms with Crippen LogP contribution in [0.1, 0.15) is 15.9 Å². The molecule has 0 atom stereocenters. The zero-order valence-electron chi connectivity index (χ0n) is 9.82. The fraction of sp³-hybridized carbons (Fsp3) is 0. The monoisotopic (exact) mass is 309 g/mol. The molecule has 0 bridgehead atoms. The van der Waals surface area contributed by atoms with Crippen LogP contribution in [0.3, 0.4) is 0 Å². The van der Waals surface area contributed by atoms with Crippen molar-refractivity contribution in [3.63, 3.8) is 0 Å². The number of carbonyl (C=O) groups excluding carboxylic acids is 1. The van der Waals surface area contributed by atoms with Crippen LogP contribution >= 0.6 is 23.2 Å². The van der Waals surface area contributed by atoms with Crippen molar-refractivity contribution in [1.29, 1.82) is 5.26 Å². The van der Waals surface area contributed by atoms with Crippen LogP contribution in [0.25, 0.3) is 0 Å². The van der Waals surface area contributed by atoms with E-state index < -0.39 is 11.7 Å². The van der Waals surface area contributed by atoms with Crippen molar-refractivity contribution in [2.24, 2.45) is 0 Å². The summed E-state index contributed by atoms with van der Waals surface area (Å²) in [6.45, 7) is 0. The molecule has 1 aromatic heterocycles. The number of aromatic nitrogens is 1. The molecule has 0 aliphatic rings. The second kappa shape index (κ2) is 5.87. The number of nitrogens with zero attached hydrogens (tertiary/aromatic N) is 2. The molecule has 0 unspecified atom stereocenters. The van der Waals surface area contributed by atoms with Crippen LogP contribution < -0.4 is 5.32 Å². The summed E-state index contributed by atoms with van der Waals surface area (Å²) in [6, 6.07) is 7.27. The summed E-state index contributed by atoms with van der Waals surface area (Å²) in [5, 5.41) is 11.6. The maximum absolute atomic E-state index is 13.1. The quantitative estimate of drug-likeness (QED) is 0.861. The number of nitriles is 1. The molecule has 2 aromatic rings. The number of pyridine rings is 1. The normalized spacial score (nSPS) is 9.90. The van der Waals surface area contributed by atoms with Crippen LogP contribution in [0.5, 0.6) is 0 Å². The Morgan fingerprint density at radius 3 is 2.80 bits per heavy atom. The first-order valence-corrected chi connectivity index (χ1v) is 6.09. The van der Waals surface area contributed by atoms with Crippen molar-refractivity contribution >= 4 is 34.8 Å². The molecule has 20 heavy (non-hydrogen) atoms. The summed E-state index contributed by atoms with van der Waals surface area (Å²) >= 11 is 11.5. The maximum Gasteiger partial charge on any atom is 0.258 e. The zero-order valence-corrected chi connectivity index (χ0v) is 11.3. The molecule has 1 N–H and O–H groups in total. The standard InChI is InChI=1S/C13H6Cl2FN3O/c14-8-2-1-7(5-17)11(3-8)19-13(20)10-4-9(16)6-18-12(10)15/h1-4,6H,(H,19,20). The van der Waals surface area contributed by atoms with E-state index in [1.54, 1.807) is 0 Å². The fourth-order valence-electron chi connectivity index (χ4n) is 1.49. The Hall–Kier alpha value is -2.16. The van der Waals surface area contributed by atoms with Gasteiger partial charge in [-0.2, -0.15) is 5.26 Å². The lowest BCUT2D eigenvalue weighted by Gasteiger charge is -2.08. The number of anilines is 1. The molecule has 0 aliphatic heterocycles. The van der Waals surface area contributed by atoms with Gasteiger partial charge in [0.05, 0.1) is 23.0 Å². The van der Waals surface area contributed by atoms with Crippen molar-refractivity contribution in [3.05, 3.63) is 57.6 Å². The number of rotatable bonds is 2. The third-order valence-corrected chi connectivity index (χ3v) is 2.94. The highest BCUT2D eigenvalue weighted by atomic mass is 35.5. The number of hydrogen-bond donors (Lipinski definition) is 1. The van der Waals surface area contributed by atoms with Crippen LogP contribution in [0.4, 0.5) is 10.1 Å². The van der Waals surface area contributed by atoms with Gasteiger partial charge in [-0.3, -0.25) is 4.79 Å². The minimum atomic E-state index is -0.689. The number of nitrogens with one attached hydrogen (secondary N) is 1. The van der Waals surface area contributed by atoms with E-state index in [0.717, 1.165) is 12.3 Å². The lowest BCUT2D eigenvalue weighted by molar-refractivity contribution is 0.102. The van der Waals surface area contributed by atoms with Crippen LogP contribution in [0, 0.1) is 17.1 Å². The molecular weight excluding hydrogens is 304 g/mol. The van der Waals surface area contributed by atoms with Crippen molar-refractivity contribution in [1.82, 2.24) is 4.98 Å². The third kappa shape index (κ3) is 3.05. The van der Waals surface area contributed by atoms with Gasteiger partial charge >= 0.3 is 0 Å². The average molecular weight is 310 g/mol. The molecule has 1 heterocycles. The summed E-state index contributed by atoms with van der Waals surface area (Å²) in [7, 11) is 0. The molecule has 0 radical (unpaired) electrons. The van der Waals surface area contributed by atoms with E-state index in [-0.39, 0.29) is 22.0 Å². The molecule has 7 heteroatoms. The van der Waals surface area contributed by atoms with E-state index in [2.05, 4.69) is 10.3 Å². The molecule has 0 saturated heterocycles. The molecule has 1 amide bonds. The number of carbonyl (C=O) groups is 1. The van der Waals surface area contributed by atoms with Crippen LogP contribution in [-0.4, -0.2) is 10.9 Å². The van der Waals surface area contributed by atoms with Gasteiger partial charge in [-0.15, -0.1) is 0 Å². The predicted molar refractivity (Wildman–Crippen MR) is 73.3 cm³/mol. The number of hydrogen-bond acceptors (Lipinski definition) is 3. The minimum Gasteiger partial charge on any atom is -0.321 e. The van der Waals surface area contributed by atoms with E-state index >= 15 is 0 Å². The van der Waals surface area contributed by atoms with Gasteiger partial charge in [-0.25, -0.2) is 9.37 Å². The Bertz CT molecular complexity index is 728. The first kappa shape index (κ1) is 14.3. The van der Waals surface area contributed by atoms with Crippen LogP contribution in [0.15, 0.2) is 30.5 Å². The summed E-state index contributed by atoms with van der Waals surface area (Å²) in [6.07, 6.45) is 0.902. The smallest absolute Gasteiger partial charge is 0.258 e. The highest BCUT2D eigenvalue weighted by Gasteiger charge is 2.15. The van der Waals surface area contributed by atoms with Gasteiger partial charge in [-0.1, -0.05) is 23.2 Å². The Morgan fingerprint density at radius 2 is 2.10 bits per heavy atom. The van der Waals surface area contributed by atoms with Gasteiger partial charge in [0.2, 0.25) is 0 Å². The first-order chi connectivity index (χ1) is 9.51. The molecule has 2 rings (SSSR count). The van der Waals surface area contributed by atoms with Crippen molar-refractivity contribution in [2.45, 2.75) is 0 Å². The molecular formula is C13H6Cl2FN3O. The summed E-state index contributed by atoms with van der Waals surface area (Å²) in [5.41, 5.74) is 0.309. The second-order valence-corrected chi connectivity index (χ2v) is 4.54. The predicted octanol–water partition coefficient (Wildman–Crippen LogP) is 3.65. The topological polar surface area (TPSA) is 65.8 Å². The lowest BCUT2D eigenvalue weighted by Crippen LogP contribution is -2.14. The van der Waals surface area contributed by atoms with Crippen molar-refractivity contribution in [2.75, 3.05) is 5.32 Å². The Morgan fingerprint density at radius 1 is 1.35 bits per heavy atom. The Labute approximate surface area is 123 Å². The van der Waals surface area contributed by atoms with E-state index in [9.17, 15) is 9.18 Å². The fourth-order valence-corrected chi connectivity index (χ4v) is 1.85. The van der Waals surface area contributed by atoms with Crippen molar-refractivity contribution < 1.29 is 9.18 Å². The van der Waals surface area contributed by atoms with Gasteiger partial charge in [0, 0.05) is 5.02 Å². The molecule has 100 valence electrons. The first-order valence-electron chi connectivity index (χ1n) is 5.33. The van der Waals surface area contributed by atoms with E-state index in [0.29, 0.717) is 5.02 Å². The Kier molecular flexibility index (Phi) is 4.18. The molecule has 1 aromatic carbocycles. The van der Waals surface area contributed by atoms with E-state index in [1.165, 1.54) is 18.2 Å². The minimum absolute atomic E-state index is 0.129. The summed E-state index contributed by atoms with van der Waals surface area (Å²) in [4.78, 5) is 15.6. The highest BCUT2D eigenvalue weighted by molar-refractivity contribution is 6.33. The SMILES string of the molecule is N#Cc1ccc(Cl)cc1NC(=O)c1cc(F)cnc1Cl.